The fourth-order valence-corrected chi connectivity index (χ4v) is 1.98. The molecule has 0 aliphatic carbocycles. The second kappa shape index (κ2) is 12.6. The van der Waals surface area contributed by atoms with Gasteiger partial charge in [-0.25, -0.2) is 0 Å². The molecule has 1 rings (SSSR count). The summed E-state index contributed by atoms with van der Waals surface area (Å²) in [6, 6.07) is 8.84. The molecule has 1 unspecified atom stereocenters. The Hall–Kier alpha value is -0.810. The fourth-order valence-electron chi connectivity index (χ4n) is 1.98. The lowest BCUT2D eigenvalue weighted by molar-refractivity contribution is -0.121. The van der Waals surface area contributed by atoms with Gasteiger partial charge in [0.2, 0.25) is 5.91 Å². The van der Waals surface area contributed by atoms with E-state index in [1.54, 1.807) is 0 Å². The van der Waals surface area contributed by atoms with E-state index in [2.05, 4.69) is 43.2 Å². The van der Waals surface area contributed by atoms with Crippen molar-refractivity contribution in [2.24, 2.45) is 5.73 Å². The van der Waals surface area contributed by atoms with Crippen molar-refractivity contribution in [2.75, 3.05) is 7.05 Å². The number of amides is 1. The summed E-state index contributed by atoms with van der Waals surface area (Å²) in [5.41, 5.74) is 8.11. The van der Waals surface area contributed by atoms with Gasteiger partial charge < -0.3 is 11.1 Å². The van der Waals surface area contributed by atoms with Crippen LogP contribution in [0.1, 0.15) is 44.7 Å². The maximum Gasteiger partial charge on any atom is 0.220 e. The van der Waals surface area contributed by atoms with E-state index in [9.17, 15) is 4.79 Å². The second-order valence-electron chi connectivity index (χ2n) is 6.07. The Labute approximate surface area is 153 Å². The SMILES string of the molecule is CC(N)CCC(=O)NCc1ccccc1CN(C)C(C)C.Cl.Cl. The van der Waals surface area contributed by atoms with Gasteiger partial charge in [0.1, 0.15) is 0 Å². The van der Waals surface area contributed by atoms with E-state index in [-0.39, 0.29) is 36.8 Å². The number of rotatable bonds is 8. The molecule has 0 aliphatic heterocycles. The molecule has 0 saturated heterocycles. The average Bonchev–Trinajstić information content (AvgIpc) is 2.44. The summed E-state index contributed by atoms with van der Waals surface area (Å²) in [5.74, 6) is 0.0688. The van der Waals surface area contributed by atoms with Crippen LogP contribution >= 0.6 is 24.8 Å². The van der Waals surface area contributed by atoms with Gasteiger partial charge >= 0.3 is 0 Å². The number of nitrogens with one attached hydrogen (secondary N) is 1. The molecule has 0 bridgehead atoms. The van der Waals surface area contributed by atoms with Crippen molar-refractivity contribution in [3.8, 4) is 0 Å². The van der Waals surface area contributed by atoms with Crippen LogP contribution in [0.15, 0.2) is 24.3 Å². The van der Waals surface area contributed by atoms with Crippen molar-refractivity contribution in [1.29, 1.82) is 0 Å². The third-order valence-electron chi connectivity index (χ3n) is 3.72. The largest absolute Gasteiger partial charge is 0.352 e. The number of carbonyl (C=O) groups excluding carboxylic acids is 1. The van der Waals surface area contributed by atoms with Crippen molar-refractivity contribution in [3.63, 3.8) is 0 Å². The fraction of sp³-hybridized carbons (Fsp3) is 0.588. The monoisotopic (exact) mass is 363 g/mol. The van der Waals surface area contributed by atoms with Crippen molar-refractivity contribution in [3.05, 3.63) is 35.4 Å². The van der Waals surface area contributed by atoms with Crippen LogP contribution in [-0.4, -0.2) is 29.9 Å². The minimum Gasteiger partial charge on any atom is -0.352 e. The molecule has 1 aromatic carbocycles. The molecule has 0 saturated carbocycles. The van der Waals surface area contributed by atoms with E-state index >= 15 is 0 Å². The summed E-state index contributed by atoms with van der Waals surface area (Å²) in [7, 11) is 2.11. The molecule has 4 nitrogen and oxygen atoms in total. The van der Waals surface area contributed by atoms with Crippen LogP contribution in [0.2, 0.25) is 0 Å². The summed E-state index contributed by atoms with van der Waals surface area (Å²) in [6.07, 6.45) is 1.22. The minimum absolute atomic E-state index is 0. The molecule has 0 spiro atoms. The molecule has 0 radical (unpaired) electrons. The lowest BCUT2D eigenvalue weighted by Crippen LogP contribution is -2.28. The van der Waals surface area contributed by atoms with E-state index < -0.39 is 0 Å². The lowest BCUT2D eigenvalue weighted by Gasteiger charge is -2.22. The maximum absolute atomic E-state index is 11.8. The smallest absolute Gasteiger partial charge is 0.220 e. The van der Waals surface area contributed by atoms with Gasteiger partial charge in [-0.2, -0.15) is 0 Å². The van der Waals surface area contributed by atoms with E-state index in [1.165, 1.54) is 11.1 Å². The number of hydrogen-bond donors (Lipinski definition) is 2. The molecule has 1 amide bonds. The molecule has 134 valence electrons. The van der Waals surface area contributed by atoms with Crippen LogP contribution < -0.4 is 11.1 Å². The summed E-state index contributed by atoms with van der Waals surface area (Å²) in [5, 5.41) is 2.98. The molecule has 0 aliphatic rings. The van der Waals surface area contributed by atoms with Crippen LogP contribution in [-0.2, 0) is 17.9 Å². The number of nitrogens with two attached hydrogens (primary N) is 1. The molecule has 0 fully saturated rings. The van der Waals surface area contributed by atoms with Gasteiger partial charge in [-0.15, -0.1) is 24.8 Å². The standard InChI is InChI=1S/C17H29N3O.2ClH/c1-13(2)20(4)12-16-8-6-5-7-15(16)11-19-17(21)10-9-14(3)18;;/h5-8,13-14H,9-12,18H2,1-4H3,(H,19,21);2*1H. The Bertz CT molecular complexity index is 453. The molecule has 1 atom stereocenters. The first-order chi connectivity index (χ1) is 9.90. The molecular weight excluding hydrogens is 333 g/mol. The number of nitrogens with zero attached hydrogens (tertiary/aromatic N) is 1. The van der Waals surface area contributed by atoms with E-state index in [4.69, 9.17) is 5.73 Å². The molecule has 0 heterocycles. The predicted molar refractivity (Wildman–Crippen MR) is 102 cm³/mol. The Morgan fingerprint density at radius 1 is 1.17 bits per heavy atom. The van der Waals surface area contributed by atoms with E-state index in [1.807, 2.05) is 19.1 Å². The van der Waals surface area contributed by atoms with Crippen molar-refractivity contribution >= 4 is 30.7 Å². The van der Waals surface area contributed by atoms with E-state index in [0.717, 1.165) is 13.0 Å². The van der Waals surface area contributed by atoms with Gasteiger partial charge in [-0.05, 0) is 45.4 Å². The molecule has 6 heteroatoms. The zero-order chi connectivity index (χ0) is 15.8. The van der Waals surface area contributed by atoms with Gasteiger partial charge in [-0.3, -0.25) is 9.69 Å². The summed E-state index contributed by atoms with van der Waals surface area (Å²) < 4.78 is 0. The Balaban J connectivity index is 0. The second-order valence-corrected chi connectivity index (χ2v) is 6.07. The molecule has 3 N–H and O–H groups in total. The highest BCUT2D eigenvalue weighted by molar-refractivity contribution is 5.85. The molecule has 23 heavy (non-hydrogen) atoms. The van der Waals surface area contributed by atoms with Crippen molar-refractivity contribution in [1.82, 2.24) is 10.2 Å². The van der Waals surface area contributed by atoms with Crippen LogP contribution in [0.4, 0.5) is 0 Å². The number of benzene rings is 1. The summed E-state index contributed by atoms with van der Waals surface area (Å²) in [6.45, 7) is 7.75. The first-order valence-electron chi connectivity index (χ1n) is 7.69. The van der Waals surface area contributed by atoms with Gasteiger partial charge in [-0.1, -0.05) is 24.3 Å². The van der Waals surface area contributed by atoms with Crippen LogP contribution in [0.5, 0.6) is 0 Å². The number of hydrogen-bond acceptors (Lipinski definition) is 3. The molecular formula is C17H31Cl2N3O. The highest BCUT2D eigenvalue weighted by Gasteiger charge is 2.09. The first kappa shape index (κ1) is 24.4. The van der Waals surface area contributed by atoms with E-state index in [0.29, 0.717) is 19.0 Å². The summed E-state index contributed by atoms with van der Waals surface area (Å²) >= 11 is 0. The zero-order valence-corrected chi connectivity index (χ0v) is 16.2. The quantitative estimate of drug-likeness (QED) is 0.745. The average molecular weight is 364 g/mol. The van der Waals surface area contributed by atoms with Crippen molar-refractivity contribution in [2.45, 2.75) is 58.8 Å². The Kier molecular flexibility index (Phi) is 13.4. The Morgan fingerprint density at radius 3 is 2.26 bits per heavy atom. The summed E-state index contributed by atoms with van der Waals surface area (Å²) in [4.78, 5) is 14.1. The normalized spacial score (nSPS) is 11.6. The number of halogens is 2. The first-order valence-corrected chi connectivity index (χ1v) is 7.69. The van der Waals surface area contributed by atoms with Gasteiger partial charge in [0, 0.05) is 31.6 Å². The van der Waals surface area contributed by atoms with Crippen LogP contribution in [0.25, 0.3) is 0 Å². The third kappa shape index (κ3) is 9.82. The Morgan fingerprint density at radius 2 is 1.74 bits per heavy atom. The van der Waals surface area contributed by atoms with Gasteiger partial charge in [0.25, 0.3) is 0 Å². The van der Waals surface area contributed by atoms with Gasteiger partial charge in [0.05, 0.1) is 0 Å². The maximum atomic E-state index is 11.8. The van der Waals surface area contributed by atoms with Crippen LogP contribution in [0, 0.1) is 0 Å². The number of carbonyl (C=O) groups is 1. The zero-order valence-electron chi connectivity index (χ0n) is 14.5. The van der Waals surface area contributed by atoms with Crippen molar-refractivity contribution < 1.29 is 4.79 Å². The third-order valence-corrected chi connectivity index (χ3v) is 3.72. The highest BCUT2D eigenvalue weighted by Crippen LogP contribution is 2.12. The van der Waals surface area contributed by atoms with Gasteiger partial charge in [0.15, 0.2) is 0 Å². The highest BCUT2D eigenvalue weighted by atomic mass is 35.5. The minimum atomic E-state index is 0. The topological polar surface area (TPSA) is 58.4 Å². The van der Waals surface area contributed by atoms with Crippen LogP contribution in [0.3, 0.4) is 0 Å². The molecule has 1 aromatic rings. The molecule has 0 aromatic heterocycles. The predicted octanol–water partition coefficient (Wildman–Crippen LogP) is 3.11. The lowest BCUT2D eigenvalue weighted by atomic mass is 10.1.